The average Bonchev–Trinajstić information content (AvgIpc) is 3.38. The minimum atomic E-state index is -2.49. The summed E-state index contributed by atoms with van der Waals surface area (Å²) in [6.07, 6.45) is -13.5. The van der Waals surface area contributed by atoms with Gasteiger partial charge in [0.25, 0.3) is 5.91 Å². The predicted octanol–water partition coefficient (Wildman–Crippen LogP) is 5.36. The molecule has 0 spiro atoms. The van der Waals surface area contributed by atoms with Crippen LogP contribution in [-0.2, 0) is 38.1 Å². The molecule has 17 heteroatoms. The first kappa shape index (κ1) is 52.6. The standard InChI is InChI=1S/C56H62N2O15/c1-31-38(70-51(66)44(62)42(34-20-12-8-13-21-34)57-49(64)36-24-16-10-17-25-36)29-56(68)48(72-50(65)37-26-18-11-19-27-37)46-54(6,39(60)28-40-55(46,30-69-40)73-33(3)59)47(63)45(41(31)53(56,4)5)71-52(67)58(7)32(2)43(61)35-22-14-9-15-23-35/h8-27,32,38-40,42-46,48,60-62,68H,28-30H2,1-7H3,(H,57,64)/t32-,38+,39+,40-,42+,43+,44-,45-,46+,48+,54-,55+,56-/m1/s1. The molecule has 0 unspecified atom stereocenters. The number of fused-ring (bicyclic) bond motifs is 5. The van der Waals surface area contributed by atoms with E-state index in [1.165, 1.54) is 33.0 Å². The number of hydrogen-bond acceptors (Lipinski definition) is 15. The van der Waals surface area contributed by atoms with Gasteiger partial charge in [0.15, 0.2) is 23.6 Å². The first-order valence-electron chi connectivity index (χ1n) is 24.3. The summed E-state index contributed by atoms with van der Waals surface area (Å²) in [6.45, 7) is 8.33. The highest BCUT2D eigenvalue weighted by Gasteiger charge is 2.78. The summed E-state index contributed by atoms with van der Waals surface area (Å²) in [6, 6.07) is 30.4. The van der Waals surface area contributed by atoms with Gasteiger partial charge in [-0.2, -0.15) is 0 Å². The van der Waals surface area contributed by atoms with E-state index < -0.39 is 125 Å². The van der Waals surface area contributed by atoms with Crippen molar-refractivity contribution in [1.29, 1.82) is 0 Å². The van der Waals surface area contributed by atoms with Crippen LogP contribution in [0.3, 0.4) is 0 Å². The van der Waals surface area contributed by atoms with Crippen LogP contribution in [0.15, 0.2) is 132 Å². The molecule has 1 aliphatic heterocycles. The van der Waals surface area contributed by atoms with E-state index in [9.17, 15) is 44.4 Å². The van der Waals surface area contributed by atoms with Gasteiger partial charge in [0.1, 0.15) is 23.9 Å². The highest BCUT2D eigenvalue weighted by molar-refractivity contribution is 5.96. The number of amides is 2. The molecule has 73 heavy (non-hydrogen) atoms. The number of nitrogens with one attached hydrogen (secondary N) is 1. The van der Waals surface area contributed by atoms with E-state index in [4.69, 9.17) is 23.7 Å². The van der Waals surface area contributed by atoms with Gasteiger partial charge in [-0.15, -0.1) is 0 Å². The summed E-state index contributed by atoms with van der Waals surface area (Å²) in [7, 11) is 1.37. The van der Waals surface area contributed by atoms with Crippen molar-refractivity contribution in [3.8, 4) is 0 Å². The molecule has 8 rings (SSSR count). The smallest absolute Gasteiger partial charge is 0.410 e. The second-order valence-electron chi connectivity index (χ2n) is 20.3. The quantitative estimate of drug-likeness (QED) is 0.0643. The van der Waals surface area contributed by atoms with Gasteiger partial charge in [0.05, 0.1) is 47.8 Å². The molecular weight excluding hydrogens is 941 g/mol. The molecule has 386 valence electrons. The van der Waals surface area contributed by atoms with E-state index in [1.807, 2.05) is 0 Å². The van der Waals surface area contributed by atoms with Crippen LogP contribution in [0.1, 0.15) is 98.4 Å². The normalized spacial score (nSPS) is 29.7. The summed E-state index contributed by atoms with van der Waals surface area (Å²) < 4.78 is 31.2. The fourth-order valence-corrected chi connectivity index (χ4v) is 11.5. The maximum absolute atomic E-state index is 16.2. The molecule has 3 aliphatic carbocycles. The van der Waals surface area contributed by atoms with E-state index in [-0.39, 0.29) is 35.3 Å². The Kier molecular flexibility index (Phi) is 14.6. The highest BCUT2D eigenvalue weighted by atomic mass is 16.6. The Morgan fingerprint density at radius 2 is 1.34 bits per heavy atom. The summed E-state index contributed by atoms with van der Waals surface area (Å²) in [5, 5.41) is 52.6. The Balaban J connectivity index is 1.29. The minimum absolute atomic E-state index is 0.0401. The monoisotopic (exact) mass is 1000 g/mol. The van der Waals surface area contributed by atoms with Crippen LogP contribution in [0.5, 0.6) is 0 Å². The molecule has 0 radical (unpaired) electrons. The molecule has 0 aromatic heterocycles. The molecule has 4 aromatic carbocycles. The molecule has 2 amide bonds. The highest BCUT2D eigenvalue weighted by Crippen LogP contribution is 2.64. The van der Waals surface area contributed by atoms with Crippen LogP contribution < -0.4 is 5.32 Å². The number of aliphatic hydroxyl groups excluding tert-OH is 3. The Bertz CT molecular complexity index is 2760. The first-order valence-corrected chi connectivity index (χ1v) is 24.3. The third-order valence-electron chi connectivity index (χ3n) is 15.9. The SMILES string of the molecule is CC(=O)O[C@@]12CO[C@@H]1C[C@H](O)[C@@]1(C)C(=O)[C@H](OC(=O)N(C)[C@H](C)[C@H](O)c3ccccc3)C3=C(C)[C@@H](OC(=O)[C@H](O)[C@@H](NC(=O)c4ccccc4)c4ccccc4)C[C@@](O)([C@@H](OC(=O)c4ccccc4)[C@H]21)C3(C)C. The molecule has 2 bridgehead atoms. The zero-order chi connectivity index (χ0) is 52.8. The molecule has 1 heterocycles. The number of carbonyl (C=O) groups is 6. The van der Waals surface area contributed by atoms with Crippen molar-refractivity contribution in [3.63, 3.8) is 0 Å². The van der Waals surface area contributed by atoms with Gasteiger partial charge < -0.3 is 54.3 Å². The van der Waals surface area contributed by atoms with Crippen molar-refractivity contribution in [2.45, 2.75) is 120 Å². The van der Waals surface area contributed by atoms with Crippen LogP contribution >= 0.6 is 0 Å². The number of hydrogen-bond donors (Lipinski definition) is 5. The van der Waals surface area contributed by atoms with Crippen LogP contribution in [0.2, 0.25) is 0 Å². The fourth-order valence-electron chi connectivity index (χ4n) is 11.5. The van der Waals surface area contributed by atoms with E-state index in [1.54, 1.807) is 130 Å². The molecular formula is C56H62N2O15. The molecule has 17 nitrogen and oxygen atoms in total. The van der Waals surface area contributed by atoms with Crippen LogP contribution in [0.25, 0.3) is 0 Å². The van der Waals surface area contributed by atoms with Gasteiger partial charge in [-0.25, -0.2) is 14.4 Å². The van der Waals surface area contributed by atoms with Crippen LogP contribution in [0, 0.1) is 16.7 Å². The van der Waals surface area contributed by atoms with Crippen LogP contribution in [-0.4, -0.2) is 129 Å². The second kappa shape index (κ2) is 20.3. The fraction of sp³-hybridized carbons (Fsp3) is 0.429. The van der Waals surface area contributed by atoms with Gasteiger partial charge in [0.2, 0.25) is 0 Å². The maximum Gasteiger partial charge on any atom is 0.410 e. The number of carbonyl (C=O) groups excluding carboxylic acids is 6. The van der Waals surface area contributed by atoms with Crippen molar-refractivity contribution in [3.05, 3.63) is 155 Å². The molecule has 13 atom stereocenters. The Labute approximate surface area is 423 Å². The largest absolute Gasteiger partial charge is 0.456 e. The lowest BCUT2D eigenvalue weighted by atomic mass is 9.44. The Morgan fingerprint density at radius 1 is 0.795 bits per heavy atom. The van der Waals surface area contributed by atoms with Gasteiger partial charge in [-0.1, -0.05) is 111 Å². The van der Waals surface area contributed by atoms with E-state index in [2.05, 4.69) is 5.32 Å². The van der Waals surface area contributed by atoms with Gasteiger partial charge >= 0.3 is 24.0 Å². The van der Waals surface area contributed by atoms with E-state index >= 15 is 4.79 Å². The van der Waals surface area contributed by atoms with Gasteiger partial charge in [0, 0.05) is 37.8 Å². The topological polar surface area (TPSA) is 245 Å². The molecule has 4 aliphatic rings. The summed E-state index contributed by atoms with van der Waals surface area (Å²) in [5.41, 5.74) is -7.20. The van der Waals surface area contributed by atoms with Crippen LogP contribution in [0.4, 0.5) is 4.79 Å². The molecule has 2 saturated carbocycles. The van der Waals surface area contributed by atoms with Crippen molar-refractivity contribution in [1.82, 2.24) is 10.2 Å². The molecule has 4 aromatic rings. The predicted molar refractivity (Wildman–Crippen MR) is 261 cm³/mol. The number of likely N-dealkylation sites (N-methyl/N-ethyl adjacent to an activating group) is 1. The molecule has 3 fully saturated rings. The number of nitrogens with zero attached hydrogens (tertiary/aromatic N) is 1. The number of ether oxygens (including phenoxy) is 5. The van der Waals surface area contributed by atoms with Crippen molar-refractivity contribution in [2.24, 2.45) is 16.7 Å². The first-order chi connectivity index (χ1) is 34.6. The second-order valence-corrected chi connectivity index (χ2v) is 20.3. The van der Waals surface area contributed by atoms with Crippen molar-refractivity contribution < 1.29 is 72.9 Å². The average molecular weight is 1000 g/mol. The summed E-state index contributed by atoms with van der Waals surface area (Å²) in [5.74, 6) is -6.25. The van der Waals surface area contributed by atoms with Crippen molar-refractivity contribution in [2.75, 3.05) is 13.7 Å². The number of benzene rings is 4. The minimum Gasteiger partial charge on any atom is -0.456 e. The lowest BCUT2D eigenvalue weighted by Gasteiger charge is -2.67. The molecule has 5 N–H and O–H groups in total. The zero-order valence-corrected chi connectivity index (χ0v) is 41.7. The van der Waals surface area contributed by atoms with Crippen molar-refractivity contribution >= 4 is 35.7 Å². The zero-order valence-electron chi connectivity index (χ0n) is 41.7. The van der Waals surface area contributed by atoms with Gasteiger partial charge in [-0.05, 0) is 67.3 Å². The van der Waals surface area contributed by atoms with Gasteiger partial charge in [-0.3, -0.25) is 14.4 Å². The lowest BCUT2D eigenvalue weighted by molar-refractivity contribution is -0.346. The Hall–Kier alpha value is -6.76. The third kappa shape index (κ3) is 9.22. The maximum atomic E-state index is 16.2. The van der Waals surface area contributed by atoms with E-state index in [0.717, 1.165) is 11.8 Å². The number of Topliss-reactive ketones (excluding diaryl/α,β-unsaturated/α-hetero) is 1. The lowest BCUT2D eigenvalue weighted by Crippen LogP contribution is -2.82. The van der Waals surface area contributed by atoms with E-state index in [0.29, 0.717) is 11.1 Å². The third-order valence-corrected chi connectivity index (χ3v) is 15.9. The number of ketones is 1. The number of rotatable bonds is 13. The number of esters is 3. The summed E-state index contributed by atoms with van der Waals surface area (Å²) >= 11 is 0. The summed E-state index contributed by atoms with van der Waals surface area (Å²) in [4.78, 5) is 88.0. The number of aliphatic hydroxyl groups is 4. The molecule has 1 saturated heterocycles. The Morgan fingerprint density at radius 3 is 1.89 bits per heavy atom.